The minimum atomic E-state index is -1.26. The van der Waals surface area contributed by atoms with Crippen molar-refractivity contribution in [2.24, 2.45) is 0 Å². The second-order valence-corrected chi connectivity index (χ2v) is 10.5. The minimum Gasteiger partial charge on any atom is -0.548 e. The zero-order valence-electron chi connectivity index (χ0n) is 16.7. The molecule has 0 aromatic heterocycles. The number of carboxylic acid groups (broad SMARTS) is 1. The van der Waals surface area contributed by atoms with Crippen LogP contribution in [0.2, 0.25) is 5.02 Å². The fourth-order valence-corrected chi connectivity index (χ4v) is 6.63. The van der Waals surface area contributed by atoms with Gasteiger partial charge in [0.1, 0.15) is 11.4 Å². The van der Waals surface area contributed by atoms with Crippen LogP contribution in [0.25, 0.3) is 0 Å². The molecule has 3 aliphatic rings. The molecule has 0 spiro atoms. The van der Waals surface area contributed by atoms with Gasteiger partial charge in [-0.2, -0.15) is 0 Å². The van der Waals surface area contributed by atoms with E-state index in [-0.39, 0.29) is 46.7 Å². The van der Waals surface area contributed by atoms with Crippen LogP contribution in [0.5, 0.6) is 0 Å². The number of nitrogens with one attached hydrogen (secondary N) is 1. The summed E-state index contributed by atoms with van der Waals surface area (Å²) in [6.45, 7) is 3.57. The van der Waals surface area contributed by atoms with Crippen LogP contribution in [0.3, 0.4) is 0 Å². The molecular weight excluding hydrogens is 423 g/mol. The fraction of sp³-hybridized carbons (Fsp3) is 0.550. The molecule has 4 rings (SSSR count). The summed E-state index contributed by atoms with van der Waals surface area (Å²) < 4.78 is -0.670. The number of aliphatic carboxylic acids is 1. The molecule has 3 atom stereocenters. The van der Waals surface area contributed by atoms with E-state index in [0.717, 1.165) is 18.4 Å². The average molecular weight is 445 g/mol. The summed E-state index contributed by atoms with van der Waals surface area (Å²) in [5.41, 5.74) is 0.170. The number of amides is 2. The third-order valence-electron chi connectivity index (χ3n) is 6.22. The molecule has 1 saturated carbocycles. The van der Waals surface area contributed by atoms with Crippen molar-refractivity contribution < 1.29 is 49.0 Å². The second-order valence-electron chi connectivity index (χ2n) is 8.33. The van der Waals surface area contributed by atoms with E-state index in [1.165, 1.54) is 16.7 Å². The molecule has 2 saturated heterocycles. The van der Waals surface area contributed by atoms with Crippen LogP contribution in [-0.2, 0) is 19.8 Å². The van der Waals surface area contributed by atoms with Gasteiger partial charge in [-0.15, -0.1) is 11.8 Å². The van der Waals surface area contributed by atoms with Crippen LogP contribution in [0.1, 0.15) is 45.1 Å². The third-order valence-corrected chi connectivity index (χ3v) is 8.03. The van der Waals surface area contributed by atoms with Gasteiger partial charge in [0.05, 0.1) is 17.4 Å². The molecule has 2 heterocycles. The average Bonchev–Trinajstić information content (AvgIpc) is 3.21. The van der Waals surface area contributed by atoms with Gasteiger partial charge >= 0.3 is 29.6 Å². The van der Waals surface area contributed by atoms with Crippen molar-refractivity contribution in [3.8, 4) is 0 Å². The van der Waals surface area contributed by atoms with E-state index in [1.807, 2.05) is 18.2 Å². The second kappa shape index (κ2) is 8.08. The monoisotopic (exact) mass is 444 g/mol. The molecule has 29 heavy (non-hydrogen) atoms. The molecule has 6 nitrogen and oxygen atoms in total. The minimum absolute atomic E-state index is 0. The standard InChI is InChI=1S/C20H23ClN2O4S.Na/c1-19(2)14(17(25)26)23-15(24)13(16(23)28-19)22-18(27)20(8-3-4-9-20)11-6-5-7-12(21)10-11;/h5-7,10,13-14,16H,3-4,8-9H2,1-2H3,(H,22,27)(H,25,26);/q;+1/p-1/t13-,14+,16-;/m1./s1. The molecule has 0 unspecified atom stereocenters. The number of β-lactam (4-membered cyclic amide) rings is 1. The smallest absolute Gasteiger partial charge is 0.548 e. The van der Waals surface area contributed by atoms with Crippen LogP contribution >= 0.6 is 23.4 Å². The normalized spacial score (nSPS) is 28.9. The summed E-state index contributed by atoms with van der Waals surface area (Å²) in [6, 6.07) is 5.64. The van der Waals surface area contributed by atoms with Crippen molar-refractivity contribution in [3.05, 3.63) is 34.9 Å². The molecule has 150 valence electrons. The Morgan fingerprint density at radius 1 is 1.28 bits per heavy atom. The zero-order valence-corrected chi connectivity index (χ0v) is 20.3. The predicted octanol–water partition coefficient (Wildman–Crippen LogP) is -1.55. The van der Waals surface area contributed by atoms with Crippen LogP contribution in [0.4, 0.5) is 0 Å². The van der Waals surface area contributed by atoms with Crippen LogP contribution < -0.4 is 40.0 Å². The van der Waals surface area contributed by atoms with Crippen molar-refractivity contribution in [3.63, 3.8) is 0 Å². The maximum atomic E-state index is 13.3. The summed E-state index contributed by atoms with van der Waals surface area (Å²) in [4.78, 5) is 38.9. The van der Waals surface area contributed by atoms with Gasteiger partial charge in [-0.25, -0.2) is 0 Å². The number of nitrogens with zero attached hydrogens (tertiary/aromatic N) is 1. The third kappa shape index (κ3) is 3.63. The largest absolute Gasteiger partial charge is 1.00 e. The van der Waals surface area contributed by atoms with Gasteiger partial charge in [-0.05, 0) is 44.4 Å². The number of hydrogen-bond donors (Lipinski definition) is 1. The first kappa shape index (κ1) is 22.9. The maximum absolute atomic E-state index is 13.3. The van der Waals surface area contributed by atoms with Crippen LogP contribution in [0, 0.1) is 0 Å². The molecule has 1 N–H and O–H groups in total. The quantitative estimate of drug-likeness (QED) is 0.449. The SMILES string of the molecule is CC1(C)S[C@@H]2[C@H](NC(=O)C3(c4cccc(Cl)c4)CCCC3)C(=O)N2[C@H]1C(=O)[O-].[Na+]. The summed E-state index contributed by atoms with van der Waals surface area (Å²) in [6.07, 6.45) is 3.27. The molecular formula is C20H22ClN2NaO4S. The summed E-state index contributed by atoms with van der Waals surface area (Å²) in [5.74, 6) is -1.80. The molecule has 1 aliphatic carbocycles. The first-order valence-electron chi connectivity index (χ1n) is 9.45. The number of carbonyl (C=O) groups is 3. The Bertz CT molecular complexity index is 859. The van der Waals surface area contributed by atoms with Crippen molar-refractivity contribution in [1.82, 2.24) is 10.2 Å². The maximum Gasteiger partial charge on any atom is 1.00 e. The van der Waals surface area contributed by atoms with Gasteiger partial charge in [0.25, 0.3) is 0 Å². The molecule has 0 radical (unpaired) electrons. The van der Waals surface area contributed by atoms with Gasteiger partial charge in [0.2, 0.25) is 11.8 Å². The molecule has 1 aromatic carbocycles. The Morgan fingerprint density at radius 2 is 1.93 bits per heavy atom. The van der Waals surface area contributed by atoms with E-state index in [9.17, 15) is 19.5 Å². The molecule has 9 heteroatoms. The van der Waals surface area contributed by atoms with Gasteiger partial charge in [0.15, 0.2) is 0 Å². The molecule has 2 aliphatic heterocycles. The van der Waals surface area contributed by atoms with Crippen LogP contribution in [-0.4, -0.2) is 44.9 Å². The first-order valence-corrected chi connectivity index (χ1v) is 10.7. The predicted molar refractivity (Wildman–Crippen MR) is 105 cm³/mol. The van der Waals surface area contributed by atoms with Gasteiger partial charge in [-0.1, -0.05) is 36.6 Å². The van der Waals surface area contributed by atoms with Gasteiger partial charge in [-0.3, -0.25) is 9.59 Å². The number of carboxylic acids is 1. The number of rotatable bonds is 4. The van der Waals surface area contributed by atoms with E-state index in [2.05, 4.69) is 5.32 Å². The Kier molecular flexibility index (Phi) is 6.39. The number of hydrogen-bond acceptors (Lipinski definition) is 5. The molecule has 1 aromatic rings. The Labute approximate surface area is 201 Å². The van der Waals surface area contributed by atoms with E-state index < -0.39 is 28.2 Å². The van der Waals surface area contributed by atoms with Crippen molar-refractivity contribution in [2.75, 3.05) is 0 Å². The topological polar surface area (TPSA) is 89.5 Å². The zero-order chi connectivity index (χ0) is 20.3. The van der Waals surface area contributed by atoms with E-state index >= 15 is 0 Å². The number of benzene rings is 1. The number of fused-ring (bicyclic) bond motifs is 1. The van der Waals surface area contributed by atoms with Gasteiger partial charge in [0, 0.05) is 9.77 Å². The molecule has 2 amide bonds. The van der Waals surface area contributed by atoms with E-state index in [4.69, 9.17) is 11.6 Å². The molecule has 0 bridgehead atoms. The summed E-state index contributed by atoms with van der Waals surface area (Å²) >= 11 is 7.55. The van der Waals surface area contributed by atoms with Crippen molar-refractivity contribution in [2.45, 2.75) is 67.2 Å². The molecule has 3 fully saturated rings. The number of thioether (sulfide) groups is 1. The number of halogens is 1. The van der Waals surface area contributed by atoms with Crippen LogP contribution in [0.15, 0.2) is 24.3 Å². The summed E-state index contributed by atoms with van der Waals surface area (Å²) in [7, 11) is 0. The Morgan fingerprint density at radius 3 is 2.52 bits per heavy atom. The fourth-order valence-electron chi connectivity index (χ4n) is 4.82. The van der Waals surface area contributed by atoms with Crippen molar-refractivity contribution in [1.29, 1.82) is 0 Å². The van der Waals surface area contributed by atoms with Gasteiger partial charge < -0.3 is 20.1 Å². The summed E-state index contributed by atoms with van der Waals surface area (Å²) in [5, 5.41) is 14.7. The Balaban J connectivity index is 0.00000240. The van der Waals surface area contributed by atoms with E-state index in [1.54, 1.807) is 19.9 Å². The van der Waals surface area contributed by atoms with E-state index in [0.29, 0.717) is 17.9 Å². The number of carbonyl (C=O) groups excluding carboxylic acids is 3. The Hall–Kier alpha value is -0.730. The first-order chi connectivity index (χ1) is 13.2. The van der Waals surface area contributed by atoms with Crippen molar-refractivity contribution >= 4 is 41.1 Å².